The quantitative estimate of drug-likeness (QED) is 0.786. The maximum absolute atomic E-state index is 12.5. The van der Waals surface area contributed by atoms with Gasteiger partial charge in [0.15, 0.2) is 6.61 Å². The van der Waals surface area contributed by atoms with Gasteiger partial charge >= 0.3 is 5.97 Å². The van der Waals surface area contributed by atoms with Crippen LogP contribution in [0.5, 0.6) is 0 Å². The molecule has 0 spiro atoms. The van der Waals surface area contributed by atoms with Gasteiger partial charge in [-0.05, 0) is 31.9 Å². The van der Waals surface area contributed by atoms with Crippen LogP contribution in [0.2, 0.25) is 0 Å². The standard InChI is InChI=1S/C18H23N3O3/c1-13-6-5-7-15(10-13)11-21-9-4-3-8-16(21)18(22)23-12-17-20-19-14(2)24-17/h5-7,10,16H,3-4,8-9,11-12H2,1-2H3/t16-/m0/s1. The molecule has 0 amide bonds. The number of aryl methyl sites for hydroxylation is 2. The number of hydrogen-bond acceptors (Lipinski definition) is 6. The molecule has 0 saturated carbocycles. The number of esters is 1. The molecule has 0 radical (unpaired) electrons. The van der Waals surface area contributed by atoms with Gasteiger partial charge in [0.25, 0.3) is 5.89 Å². The number of nitrogens with zero attached hydrogens (tertiary/aromatic N) is 3. The lowest BCUT2D eigenvalue weighted by molar-refractivity contribution is -0.153. The van der Waals surface area contributed by atoms with Gasteiger partial charge in [0, 0.05) is 13.5 Å². The largest absolute Gasteiger partial charge is 0.454 e. The van der Waals surface area contributed by atoms with Crippen LogP contribution in [0.1, 0.15) is 42.2 Å². The van der Waals surface area contributed by atoms with Crippen LogP contribution < -0.4 is 0 Å². The van der Waals surface area contributed by atoms with Crippen molar-refractivity contribution >= 4 is 5.97 Å². The Bertz CT molecular complexity index is 698. The molecule has 1 aromatic carbocycles. The van der Waals surface area contributed by atoms with E-state index in [0.717, 1.165) is 32.4 Å². The molecule has 0 aliphatic carbocycles. The average Bonchev–Trinajstić information content (AvgIpc) is 2.99. The number of carbonyl (C=O) groups excluding carboxylic acids is 1. The molecule has 1 atom stereocenters. The molecular weight excluding hydrogens is 306 g/mol. The van der Waals surface area contributed by atoms with E-state index in [4.69, 9.17) is 9.15 Å². The molecule has 1 aromatic heterocycles. The van der Waals surface area contributed by atoms with Gasteiger partial charge in [0.05, 0.1) is 0 Å². The predicted molar refractivity (Wildman–Crippen MR) is 88.1 cm³/mol. The van der Waals surface area contributed by atoms with Crippen LogP contribution >= 0.6 is 0 Å². The van der Waals surface area contributed by atoms with Gasteiger partial charge in [-0.2, -0.15) is 0 Å². The zero-order valence-corrected chi connectivity index (χ0v) is 14.2. The second kappa shape index (κ2) is 7.57. The molecule has 24 heavy (non-hydrogen) atoms. The maximum atomic E-state index is 12.5. The van der Waals surface area contributed by atoms with Crippen molar-refractivity contribution in [2.24, 2.45) is 0 Å². The van der Waals surface area contributed by atoms with Crippen molar-refractivity contribution in [1.29, 1.82) is 0 Å². The predicted octanol–water partition coefficient (Wildman–Crippen LogP) is 2.78. The number of ether oxygens (including phenoxy) is 1. The second-order valence-electron chi connectivity index (χ2n) is 6.29. The van der Waals surface area contributed by atoms with Crippen LogP contribution in [-0.2, 0) is 22.7 Å². The van der Waals surface area contributed by atoms with Crippen LogP contribution in [0.3, 0.4) is 0 Å². The number of carbonyl (C=O) groups is 1. The zero-order chi connectivity index (χ0) is 16.9. The molecule has 1 fully saturated rings. The monoisotopic (exact) mass is 329 g/mol. The van der Waals surface area contributed by atoms with E-state index in [2.05, 4.69) is 46.3 Å². The SMILES string of the molecule is Cc1cccc(CN2CCCC[C@H]2C(=O)OCc2nnc(C)o2)c1. The summed E-state index contributed by atoms with van der Waals surface area (Å²) in [7, 11) is 0. The molecule has 1 aliphatic heterocycles. The van der Waals surface area contributed by atoms with E-state index >= 15 is 0 Å². The topological polar surface area (TPSA) is 68.5 Å². The summed E-state index contributed by atoms with van der Waals surface area (Å²) in [5.41, 5.74) is 2.46. The number of likely N-dealkylation sites (tertiary alicyclic amines) is 1. The van der Waals surface area contributed by atoms with E-state index in [1.54, 1.807) is 6.92 Å². The smallest absolute Gasteiger partial charge is 0.323 e. The Kier molecular flexibility index (Phi) is 5.25. The fourth-order valence-corrected chi connectivity index (χ4v) is 3.12. The Hall–Kier alpha value is -2.21. The van der Waals surface area contributed by atoms with E-state index in [-0.39, 0.29) is 18.6 Å². The van der Waals surface area contributed by atoms with Gasteiger partial charge in [-0.3, -0.25) is 9.69 Å². The Morgan fingerprint density at radius 3 is 2.96 bits per heavy atom. The third-order valence-electron chi connectivity index (χ3n) is 4.26. The minimum atomic E-state index is -0.210. The molecular formula is C18H23N3O3. The van der Waals surface area contributed by atoms with Gasteiger partial charge in [0.1, 0.15) is 6.04 Å². The lowest BCUT2D eigenvalue weighted by atomic mass is 10.0. The first-order valence-electron chi connectivity index (χ1n) is 8.37. The molecule has 6 nitrogen and oxygen atoms in total. The van der Waals surface area contributed by atoms with Gasteiger partial charge in [-0.15, -0.1) is 10.2 Å². The summed E-state index contributed by atoms with van der Waals surface area (Å²) in [6, 6.07) is 8.20. The van der Waals surface area contributed by atoms with Crippen LogP contribution in [0, 0.1) is 13.8 Å². The molecule has 2 heterocycles. The fraction of sp³-hybridized carbons (Fsp3) is 0.500. The number of benzene rings is 1. The number of aromatic nitrogens is 2. The van der Waals surface area contributed by atoms with Crippen molar-refractivity contribution in [3.8, 4) is 0 Å². The first-order chi connectivity index (χ1) is 11.6. The first kappa shape index (κ1) is 16.6. The fourth-order valence-electron chi connectivity index (χ4n) is 3.12. The minimum absolute atomic E-state index is 0.0362. The molecule has 1 aliphatic rings. The molecule has 6 heteroatoms. The van der Waals surface area contributed by atoms with Crippen LogP contribution in [-0.4, -0.2) is 33.7 Å². The summed E-state index contributed by atoms with van der Waals surface area (Å²) in [4.78, 5) is 14.7. The second-order valence-corrected chi connectivity index (χ2v) is 6.29. The average molecular weight is 329 g/mol. The van der Waals surface area contributed by atoms with Gasteiger partial charge in [-0.1, -0.05) is 36.2 Å². The highest BCUT2D eigenvalue weighted by Crippen LogP contribution is 2.21. The zero-order valence-electron chi connectivity index (χ0n) is 14.2. The summed E-state index contributed by atoms with van der Waals surface area (Å²) < 4.78 is 10.6. The van der Waals surface area contributed by atoms with Crippen LogP contribution in [0.25, 0.3) is 0 Å². The Labute approximate surface area is 141 Å². The summed E-state index contributed by atoms with van der Waals surface area (Å²) in [5.74, 6) is 0.597. The van der Waals surface area contributed by atoms with Crippen molar-refractivity contribution < 1.29 is 13.9 Å². The third-order valence-corrected chi connectivity index (χ3v) is 4.26. The summed E-state index contributed by atoms with van der Waals surface area (Å²) >= 11 is 0. The Balaban J connectivity index is 1.61. The lowest BCUT2D eigenvalue weighted by Gasteiger charge is -2.34. The molecule has 0 N–H and O–H groups in total. The third kappa shape index (κ3) is 4.20. The molecule has 3 rings (SSSR count). The van der Waals surface area contributed by atoms with Gasteiger partial charge in [0.2, 0.25) is 5.89 Å². The van der Waals surface area contributed by atoms with Crippen LogP contribution in [0.4, 0.5) is 0 Å². The van der Waals surface area contributed by atoms with Gasteiger partial charge in [-0.25, -0.2) is 0 Å². The summed E-state index contributed by atoms with van der Waals surface area (Å²) in [6.45, 7) is 5.50. The number of piperidine rings is 1. The van der Waals surface area contributed by atoms with Crippen molar-refractivity contribution in [3.05, 3.63) is 47.2 Å². The molecule has 1 saturated heterocycles. The molecule has 128 valence electrons. The highest BCUT2D eigenvalue weighted by molar-refractivity contribution is 5.75. The first-order valence-corrected chi connectivity index (χ1v) is 8.37. The van der Waals surface area contributed by atoms with Gasteiger partial charge < -0.3 is 9.15 Å². The van der Waals surface area contributed by atoms with E-state index in [1.807, 2.05) is 0 Å². The Morgan fingerprint density at radius 1 is 1.33 bits per heavy atom. The van der Waals surface area contributed by atoms with Crippen LogP contribution in [0.15, 0.2) is 28.7 Å². The highest BCUT2D eigenvalue weighted by Gasteiger charge is 2.30. The summed E-state index contributed by atoms with van der Waals surface area (Å²) in [6.07, 6.45) is 2.98. The van der Waals surface area contributed by atoms with Crippen molar-refractivity contribution in [2.75, 3.05) is 6.54 Å². The lowest BCUT2D eigenvalue weighted by Crippen LogP contribution is -2.44. The number of hydrogen-bond donors (Lipinski definition) is 0. The highest BCUT2D eigenvalue weighted by atomic mass is 16.5. The van der Waals surface area contributed by atoms with E-state index < -0.39 is 0 Å². The molecule has 0 unspecified atom stereocenters. The molecule has 0 bridgehead atoms. The van der Waals surface area contributed by atoms with E-state index in [9.17, 15) is 4.79 Å². The summed E-state index contributed by atoms with van der Waals surface area (Å²) in [5, 5.41) is 7.59. The van der Waals surface area contributed by atoms with E-state index in [0.29, 0.717) is 11.8 Å². The Morgan fingerprint density at radius 2 is 2.21 bits per heavy atom. The van der Waals surface area contributed by atoms with Crippen molar-refractivity contribution in [1.82, 2.24) is 15.1 Å². The van der Waals surface area contributed by atoms with E-state index in [1.165, 1.54) is 11.1 Å². The van der Waals surface area contributed by atoms with Crippen molar-refractivity contribution in [3.63, 3.8) is 0 Å². The minimum Gasteiger partial charge on any atom is -0.454 e. The normalized spacial score (nSPS) is 18.5. The van der Waals surface area contributed by atoms with Crippen molar-refractivity contribution in [2.45, 2.75) is 52.3 Å². The molecule has 2 aromatic rings. The number of rotatable bonds is 5. The maximum Gasteiger partial charge on any atom is 0.323 e.